The minimum Gasteiger partial charge on any atom is -0.394 e. The van der Waals surface area contributed by atoms with E-state index in [2.05, 4.69) is 19.2 Å². The molecule has 0 spiro atoms. The number of hydrogen-bond donors (Lipinski definition) is 14. The van der Waals surface area contributed by atoms with Crippen molar-refractivity contribution in [1.82, 2.24) is 5.32 Å². The third kappa shape index (κ3) is 30.6. The van der Waals surface area contributed by atoms with Gasteiger partial charge in [-0.25, -0.2) is 4.57 Å². The number of aliphatic hydroxyl groups excluding tert-OH is 12. The van der Waals surface area contributed by atoms with Crippen LogP contribution in [0.3, 0.4) is 0 Å². The van der Waals surface area contributed by atoms with Crippen molar-refractivity contribution in [2.24, 2.45) is 0 Å². The molecule has 5 unspecified atom stereocenters. The summed E-state index contributed by atoms with van der Waals surface area (Å²) in [6, 6.07) is -1.71. The Morgan fingerprint density at radius 1 is 0.481 bits per heavy atom. The lowest BCUT2D eigenvalue weighted by Gasteiger charge is -2.47. The Bertz CT molecular complexity index is 1520. The van der Waals surface area contributed by atoms with Crippen molar-refractivity contribution in [1.29, 1.82) is 0 Å². The number of aliphatic hydroxyl groups is 12. The van der Waals surface area contributed by atoms with Gasteiger partial charge in [0.05, 0.1) is 31.5 Å². The molecule has 0 aromatic carbocycles. The fraction of sp³-hybridized carbons (Fsp3) is 0.983. The number of phosphoric ester groups is 1. The normalized spacial score (nSPS) is 27.3. The number of unbranched alkanes of at least 4 members (excludes halogenated alkanes) is 33. The number of nitrogens with one attached hydrogen (secondary N) is 1. The fourth-order valence-electron chi connectivity index (χ4n) is 10.8. The average molecular weight is 1160 g/mol. The van der Waals surface area contributed by atoms with Gasteiger partial charge < -0.3 is 81.0 Å². The third-order valence-corrected chi connectivity index (χ3v) is 17.1. The van der Waals surface area contributed by atoms with Gasteiger partial charge in [0.15, 0.2) is 12.4 Å². The number of rotatable bonds is 50. The van der Waals surface area contributed by atoms with Crippen LogP contribution in [0.4, 0.5) is 0 Å². The van der Waals surface area contributed by atoms with E-state index in [1.54, 1.807) is 0 Å². The van der Waals surface area contributed by atoms with E-state index < -0.39 is 125 Å². The zero-order valence-electron chi connectivity index (χ0n) is 48.5. The van der Waals surface area contributed by atoms with Crippen LogP contribution in [-0.2, 0) is 27.9 Å². The van der Waals surface area contributed by atoms with Crippen LogP contribution in [0.1, 0.15) is 251 Å². The highest BCUT2D eigenvalue weighted by atomic mass is 31.2. The van der Waals surface area contributed by atoms with Gasteiger partial charge in [0.2, 0.25) is 0 Å². The number of hydrogen-bond acceptors (Lipinski definition) is 18. The number of amides is 1. The van der Waals surface area contributed by atoms with Crippen molar-refractivity contribution >= 4 is 13.7 Å². The average Bonchev–Trinajstić information content (AvgIpc) is 3.47. The summed E-state index contributed by atoms with van der Waals surface area (Å²) in [6.45, 7) is 2.51. The van der Waals surface area contributed by atoms with Crippen molar-refractivity contribution in [2.75, 3.05) is 13.2 Å². The van der Waals surface area contributed by atoms with Crippen LogP contribution in [0.15, 0.2) is 0 Å². The molecule has 21 heteroatoms. The quantitative estimate of drug-likeness (QED) is 0.0227. The van der Waals surface area contributed by atoms with Gasteiger partial charge in [-0.2, -0.15) is 0 Å². The first-order valence-electron chi connectivity index (χ1n) is 31.3. The van der Waals surface area contributed by atoms with Crippen molar-refractivity contribution in [3.63, 3.8) is 0 Å². The van der Waals surface area contributed by atoms with Gasteiger partial charge in [-0.3, -0.25) is 13.8 Å². The monoisotopic (exact) mass is 1160 g/mol. The van der Waals surface area contributed by atoms with Crippen LogP contribution in [-0.4, -0.2) is 183 Å². The van der Waals surface area contributed by atoms with Gasteiger partial charge in [0.25, 0.3) is 5.91 Å². The van der Waals surface area contributed by atoms with Gasteiger partial charge >= 0.3 is 7.82 Å². The van der Waals surface area contributed by atoms with Crippen LogP contribution < -0.4 is 5.32 Å². The minimum atomic E-state index is -5.56. The summed E-state index contributed by atoms with van der Waals surface area (Å²) in [5, 5.41) is 130. The molecule has 20 nitrogen and oxygen atoms in total. The van der Waals surface area contributed by atoms with Crippen LogP contribution in [0, 0.1) is 0 Å². The van der Waals surface area contributed by atoms with Gasteiger partial charge in [0.1, 0.15) is 67.1 Å². The first kappa shape index (κ1) is 74.1. The fourth-order valence-corrected chi connectivity index (χ4v) is 11.7. The van der Waals surface area contributed by atoms with Crippen molar-refractivity contribution < 1.29 is 94.1 Å². The Balaban J connectivity index is 1.93. The molecular weight excluding hydrogens is 1050 g/mol. The number of ether oxygens (including phenoxy) is 2. The maximum absolute atomic E-state index is 13.6. The maximum Gasteiger partial charge on any atom is 0.472 e. The van der Waals surface area contributed by atoms with Gasteiger partial charge in [0, 0.05) is 0 Å². The molecule has 1 amide bonds. The summed E-state index contributed by atoms with van der Waals surface area (Å²) in [4.78, 5) is 24.4. The van der Waals surface area contributed by atoms with E-state index in [0.29, 0.717) is 12.8 Å². The minimum absolute atomic E-state index is 0.0624. The molecule has 2 aliphatic rings. The second kappa shape index (κ2) is 44.5. The molecule has 2 rings (SSSR count). The molecule has 2 fully saturated rings. The first-order valence-corrected chi connectivity index (χ1v) is 32.8. The van der Waals surface area contributed by atoms with Crippen LogP contribution in [0.2, 0.25) is 0 Å². The van der Waals surface area contributed by atoms with E-state index in [4.69, 9.17) is 18.5 Å². The van der Waals surface area contributed by atoms with Crippen molar-refractivity contribution in [3.05, 3.63) is 0 Å². The Morgan fingerprint density at radius 2 is 0.823 bits per heavy atom. The predicted octanol–water partition coefficient (Wildman–Crippen LogP) is 6.53. The molecule has 0 bridgehead atoms. The standard InChI is InChI=1S/C58H114NO19P/c1-3-5-7-9-11-13-15-17-19-20-21-22-23-24-25-27-29-31-33-35-37-39-44(62)47(64)57(72)59-42(46(63)43(61)38-36-34-32-30-28-26-18-16-14-12-10-8-6-4-2)41-75-79(73,74)78-56-53(70)51(68)50(67)52(69)55(56)77-58-54(71)49(66)48(65)45(40-60)76-58/h42-56,58,60-71H,3-41H2,1-2H3,(H,59,72)(H,73,74)/t42-,43?,44?,45+,46-,47?,48+,49-,50+,51+,52-,53+,54-,55+,56+,58?/m0/s1. The van der Waals surface area contributed by atoms with Crippen molar-refractivity contribution in [3.8, 4) is 0 Å². The summed E-state index contributed by atoms with van der Waals surface area (Å²) in [5.41, 5.74) is 0. The molecule has 1 saturated heterocycles. The highest BCUT2D eigenvalue weighted by molar-refractivity contribution is 7.47. The smallest absolute Gasteiger partial charge is 0.394 e. The Morgan fingerprint density at radius 3 is 1.20 bits per heavy atom. The predicted molar refractivity (Wildman–Crippen MR) is 301 cm³/mol. The first-order chi connectivity index (χ1) is 37.9. The van der Waals surface area contributed by atoms with Gasteiger partial charge in [-0.05, 0) is 12.8 Å². The summed E-state index contributed by atoms with van der Waals surface area (Å²) in [6.07, 6.45) is 11.5. The lowest BCUT2D eigenvalue weighted by Crippen LogP contribution is -2.67. The maximum atomic E-state index is 13.6. The molecule has 17 atom stereocenters. The summed E-state index contributed by atoms with van der Waals surface area (Å²) < 4.78 is 34.8. The van der Waals surface area contributed by atoms with Crippen LogP contribution in [0.5, 0.6) is 0 Å². The second-order valence-corrected chi connectivity index (χ2v) is 24.4. The number of carbonyl (C=O) groups excluding carboxylic acids is 1. The largest absolute Gasteiger partial charge is 0.472 e. The molecular formula is C58H114NO19P. The Labute approximate surface area is 474 Å². The van der Waals surface area contributed by atoms with Crippen molar-refractivity contribution in [2.45, 2.75) is 349 Å². The zero-order valence-corrected chi connectivity index (χ0v) is 49.4. The molecule has 1 aliphatic heterocycles. The molecule has 1 heterocycles. The summed E-state index contributed by atoms with van der Waals surface area (Å²) >= 11 is 0. The molecule has 0 aromatic heterocycles. The zero-order chi connectivity index (χ0) is 58.4. The van der Waals surface area contributed by atoms with Gasteiger partial charge in [-0.1, -0.05) is 239 Å². The highest BCUT2D eigenvalue weighted by Crippen LogP contribution is 2.48. The van der Waals surface area contributed by atoms with Gasteiger partial charge in [-0.15, -0.1) is 0 Å². The van der Waals surface area contributed by atoms with Crippen LogP contribution in [0.25, 0.3) is 0 Å². The summed E-state index contributed by atoms with van der Waals surface area (Å²) in [5.74, 6) is -1.17. The molecule has 79 heavy (non-hydrogen) atoms. The highest BCUT2D eigenvalue weighted by Gasteiger charge is 2.55. The van der Waals surface area contributed by atoms with E-state index in [9.17, 15) is 75.5 Å². The topological polar surface area (TPSA) is 346 Å². The van der Waals surface area contributed by atoms with E-state index in [1.165, 1.54) is 154 Å². The lowest BCUT2D eigenvalue weighted by atomic mass is 9.84. The van der Waals surface area contributed by atoms with Crippen LogP contribution >= 0.6 is 7.82 Å². The van der Waals surface area contributed by atoms with E-state index >= 15 is 0 Å². The molecule has 1 aliphatic carbocycles. The second-order valence-electron chi connectivity index (χ2n) is 23.0. The molecule has 0 radical (unpaired) electrons. The lowest BCUT2D eigenvalue weighted by molar-refractivity contribution is -0.338. The molecule has 1 saturated carbocycles. The van der Waals surface area contributed by atoms with E-state index in [-0.39, 0.29) is 12.8 Å². The third-order valence-electron chi connectivity index (χ3n) is 16.1. The SMILES string of the molecule is CCCCCCCCCCCCCCCCCCCCCCCC(O)C(O)C(=O)N[C@@H](COP(=O)(O)O[C@@H]1[C@H](O)[C@H](O)[C@@H](O)[C@H](O)[C@H]1OC1O[C@H](CO)[C@@H](O)[C@H](O)[C@@H]1O)[C@H](O)C(O)CCCCCCCCCCCCCCCC. The molecule has 470 valence electrons. The molecule has 0 aromatic rings. The Kier molecular flexibility index (Phi) is 41.7. The molecule has 14 N–H and O–H groups in total. The van der Waals surface area contributed by atoms with E-state index in [1.807, 2.05) is 0 Å². The Hall–Kier alpha value is -0.980. The summed E-state index contributed by atoms with van der Waals surface area (Å²) in [7, 11) is -5.56. The number of phosphoric acid groups is 1. The van der Waals surface area contributed by atoms with E-state index in [0.717, 1.165) is 57.8 Å². The number of carbonyl (C=O) groups is 1.